The van der Waals surface area contributed by atoms with Crippen molar-refractivity contribution < 1.29 is 23.1 Å². The van der Waals surface area contributed by atoms with Crippen LogP contribution in [0.4, 0.5) is 13.2 Å². The lowest BCUT2D eigenvalue weighted by molar-refractivity contribution is -0.222. The van der Waals surface area contributed by atoms with Gasteiger partial charge in [-0.25, -0.2) is 0 Å². The van der Waals surface area contributed by atoms with Gasteiger partial charge in [-0.05, 0) is 31.6 Å². The summed E-state index contributed by atoms with van der Waals surface area (Å²) >= 11 is 0. The first kappa shape index (κ1) is 11.5. The standard InChI is InChI=1S/C9H13F3O2/c10-9(11,12)8(14)7-3-1-6(5-13)2-4-7/h5-8,14H,1-4H2. The van der Waals surface area contributed by atoms with Gasteiger partial charge in [0.25, 0.3) is 0 Å². The van der Waals surface area contributed by atoms with Crippen LogP contribution in [-0.2, 0) is 4.79 Å². The highest BCUT2D eigenvalue weighted by atomic mass is 19.4. The van der Waals surface area contributed by atoms with Gasteiger partial charge in [0.15, 0.2) is 6.10 Å². The van der Waals surface area contributed by atoms with Crippen molar-refractivity contribution in [1.29, 1.82) is 0 Å². The summed E-state index contributed by atoms with van der Waals surface area (Å²) in [6.45, 7) is 0. The lowest BCUT2D eigenvalue weighted by atomic mass is 9.80. The summed E-state index contributed by atoms with van der Waals surface area (Å²) in [6.07, 6.45) is -4.49. The Morgan fingerprint density at radius 2 is 1.71 bits per heavy atom. The van der Waals surface area contributed by atoms with E-state index >= 15 is 0 Å². The molecule has 0 aliphatic heterocycles. The maximum atomic E-state index is 12.1. The van der Waals surface area contributed by atoms with Gasteiger partial charge in [0.1, 0.15) is 6.29 Å². The molecule has 82 valence electrons. The van der Waals surface area contributed by atoms with Crippen LogP contribution in [-0.4, -0.2) is 23.7 Å². The van der Waals surface area contributed by atoms with Gasteiger partial charge in [0.05, 0.1) is 0 Å². The second-order valence-corrected chi connectivity index (χ2v) is 3.80. The number of aliphatic hydroxyl groups excluding tert-OH is 1. The van der Waals surface area contributed by atoms with E-state index in [1.54, 1.807) is 0 Å². The van der Waals surface area contributed by atoms with E-state index in [0.29, 0.717) is 12.8 Å². The summed E-state index contributed by atoms with van der Waals surface area (Å²) in [4.78, 5) is 10.3. The molecule has 0 spiro atoms. The fourth-order valence-corrected chi connectivity index (χ4v) is 1.86. The van der Waals surface area contributed by atoms with Gasteiger partial charge in [0, 0.05) is 5.92 Å². The Kier molecular flexibility index (Phi) is 3.53. The van der Waals surface area contributed by atoms with Crippen molar-refractivity contribution in [2.24, 2.45) is 11.8 Å². The second kappa shape index (κ2) is 4.29. The monoisotopic (exact) mass is 210 g/mol. The third-order valence-corrected chi connectivity index (χ3v) is 2.79. The van der Waals surface area contributed by atoms with Gasteiger partial charge >= 0.3 is 6.18 Å². The number of carbonyl (C=O) groups excluding carboxylic acids is 1. The number of halogens is 3. The van der Waals surface area contributed by atoms with Crippen LogP contribution in [0.5, 0.6) is 0 Å². The molecule has 0 radical (unpaired) electrons. The molecule has 0 bridgehead atoms. The van der Waals surface area contributed by atoms with E-state index in [0.717, 1.165) is 6.29 Å². The molecule has 0 heterocycles. The predicted molar refractivity (Wildman–Crippen MR) is 43.6 cm³/mol. The third-order valence-electron chi connectivity index (χ3n) is 2.79. The van der Waals surface area contributed by atoms with E-state index in [9.17, 15) is 18.0 Å². The van der Waals surface area contributed by atoms with Crippen LogP contribution in [0.2, 0.25) is 0 Å². The first-order valence-electron chi connectivity index (χ1n) is 4.65. The lowest BCUT2D eigenvalue weighted by Gasteiger charge is -2.30. The molecule has 0 amide bonds. The van der Waals surface area contributed by atoms with Crippen molar-refractivity contribution in [3.63, 3.8) is 0 Å². The average molecular weight is 210 g/mol. The smallest absolute Gasteiger partial charge is 0.383 e. The molecule has 1 atom stereocenters. The number of rotatable bonds is 2. The SMILES string of the molecule is O=CC1CCC(C(O)C(F)(F)F)CC1. The normalized spacial score (nSPS) is 31.1. The van der Waals surface area contributed by atoms with Crippen molar-refractivity contribution in [3.8, 4) is 0 Å². The molecule has 1 rings (SSSR count). The highest BCUT2D eigenvalue weighted by molar-refractivity contribution is 5.53. The second-order valence-electron chi connectivity index (χ2n) is 3.80. The molecule has 0 saturated heterocycles. The summed E-state index contributed by atoms with van der Waals surface area (Å²) < 4.78 is 36.3. The van der Waals surface area contributed by atoms with Crippen LogP contribution in [0, 0.1) is 11.8 Å². The largest absolute Gasteiger partial charge is 0.414 e. The summed E-state index contributed by atoms with van der Waals surface area (Å²) in [5.74, 6) is -0.849. The average Bonchev–Trinajstić information content (AvgIpc) is 2.15. The zero-order valence-corrected chi connectivity index (χ0v) is 7.63. The Labute approximate surface area is 80.1 Å². The molecule has 2 nitrogen and oxygen atoms in total. The molecule has 5 heteroatoms. The zero-order valence-electron chi connectivity index (χ0n) is 7.63. The highest BCUT2D eigenvalue weighted by Crippen LogP contribution is 2.35. The number of aldehydes is 1. The lowest BCUT2D eigenvalue weighted by Crippen LogP contribution is -2.37. The fourth-order valence-electron chi connectivity index (χ4n) is 1.86. The number of alkyl halides is 3. The minimum Gasteiger partial charge on any atom is -0.383 e. The maximum absolute atomic E-state index is 12.1. The first-order chi connectivity index (χ1) is 6.45. The molecule has 0 aromatic rings. The molecule has 1 aliphatic carbocycles. The van der Waals surface area contributed by atoms with E-state index in [-0.39, 0.29) is 18.8 Å². The van der Waals surface area contributed by atoms with E-state index in [1.807, 2.05) is 0 Å². The molecule has 1 N–H and O–H groups in total. The van der Waals surface area contributed by atoms with Crippen LogP contribution in [0.1, 0.15) is 25.7 Å². The fraction of sp³-hybridized carbons (Fsp3) is 0.889. The summed E-state index contributed by atoms with van der Waals surface area (Å²) in [7, 11) is 0. The van der Waals surface area contributed by atoms with Gasteiger partial charge in [-0.2, -0.15) is 13.2 Å². The maximum Gasteiger partial charge on any atom is 0.414 e. The van der Waals surface area contributed by atoms with Crippen molar-refractivity contribution >= 4 is 6.29 Å². The molecule has 0 aromatic heterocycles. The van der Waals surface area contributed by atoms with Gasteiger partial charge in [-0.15, -0.1) is 0 Å². The van der Waals surface area contributed by atoms with Crippen molar-refractivity contribution in [2.75, 3.05) is 0 Å². The first-order valence-corrected chi connectivity index (χ1v) is 4.65. The Bertz CT molecular complexity index is 195. The predicted octanol–water partition coefficient (Wildman–Crippen LogP) is 1.91. The van der Waals surface area contributed by atoms with E-state index < -0.39 is 18.2 Å². The van der Waals surface area contributed by atoms with Crippen LogP contribution in [0.3, 0.4) is 0 Å². The number of hydrogen-bond donors (Lipinski definition) is 1. The summed E-state index contributed by atoms with van der Waals surface area (Å²) in [5.41, 5.74) is 0. The van der Waals surface area contributed by atoms with Crippen LogP contribution in [0.15, 0.2) is 0 Å². The number of hydrogen-bond acceptors (Lipinski definition) is 2. The van der Waals surface area contributed by atoms with Gasteiger partial charge in [-0.1, -0.05) is 0 Å². The zero-order chi connectivity index (χ0) is 10.8. The van der Waals surface area contributed by atoms with Gasteiger partial charge in [0.2, 0.25) is 0 Å². The van der Waals surface area contributed by atoms with Crippen molar-refractivity contribution in [3.05, 3.63) is 0 Å². The van der Waals surface area contributed by atoms with E-state index in [1.165, 1.54) is 0 Å². The highest BCUT2D eigenvalue weighted by Gasteiger charge is 2.44. The summed E-state index contributed by atoms with van der Waals surface area (Å²) in [6, 6.07) is 0. The minimum absolute atomic E-state index is 0.119. The molecular weight excluding hydrogens is 197 g/mol. The topological polar surface area (TPSA) is 37.3 Å². The molecule has 1 unspecified atom stereocenters. The van der Waals surface area contributed by atoms with Crippen LogP contribution < -0.4 is 0 Å². The van der Waals surface area contributed by atoms with Crippen molar-refractivity contribution in [2.45, 2.75) is 38.0 Å². The Morgan fingerprint density at radius 1 is 1.21 bits per heavy atom. The van der Waals surface area contributed by atoms with Gasteiger partial charge < -0.3 is 9.90 Å². The molecule has 1 fully saturated rings. The minimum atomic E-state index is -4.53. The summed E-state index contributed by atoms with van der Waals surface area (Å²) in [5, 5.41) is 8.96. The van der Waals surface area contributed by atoms with Crippen molar-refractivity contribution in [1.82, 2.24) is 0 Å². The molecule has 0 aromatic carbocycles. The molecule has 14 heavy (non-hydrogen) atoms. The van der Waals surface area contributed by atoms with Crippen LogP contribution in [0.25, 0.3) is 0 Å². The number of aliphatic hydroxyl groups is 1. The molecular formula is C9H13F3O2. The Morgan fingerprint density at radius 3 is 2.07 bits per heavy atom. The molecule has 1 aliphatic rings. The van der Waals surface area contributed by atoms with Gasteiger partial charge in [-0.3, -0.25) is 0 Å². The Balaban J connectivity index is 2.45. The van der Waals surface area contributed by atoms with E-state index in [4.69, 9.17) is 5.11 Å². The Hall–Kier alpha value is -0.580. The van der Waals surface area contributed by atoms with Crippen LogP contribution >= 0.6 is 0 Å². The quantitative estimate of drug-likeness (QED) is 0.707. The van der Waals surface area contributed by atoms with E-state index in [2.05, 4.69) is 0 Å². The molecule has 1 saturated carbocycles. The third kappa shape index (κ3) is 2.70. The number of carbonyl (C=O) groups is 1.